The van der Waals surface area contributed by atoms with E-state index in [0.29, 0.717) is 4.90 Å². The average Bonchev–Trinajstić information content (AvgIpc) is 2.35. The number of nitrogens with zero attached hydrogens (tertiary/aromatic N) is 2. The summed E-state index contributed by atoms with van der Waals surface area (Å²) in [5, 5.41) is 8.75. The predicted octanol–water partition coefficient (Wildman–Crippen LogP) is 0.801. The molecule has 1 aliphatic rings. The lowest BCUT2D eigenvalue weighted by Gasteiger charge is -2.37. The van der Waals surface area contributed by atoms with Gasteiger partial charge in [0.2, 0.25) is 0 Å². The van der Waals surface area contributed by atoms with Crippen molar-refractivity contribution in [2.75, 3.05) is 26.2 Å². The van der Waals surface area contributed by atoms with Crippen molar-refractivity contribution in [1.82, 2.24) is 9.80 Å². The first-order chi connectivity index (χ1) is 8.98. The standard InChI is InChI=1S/C10H13F5N2O3/c1-6(7(18)19)16-2-4-17(5-3-16)8(20)9(11,12)10(13,14)15/h6H,2-5H2,1H3,(H,18,19). The van der Waals surface area contributed by atoms with Crippen LogP contribution in [0.1, 0.15) is 6.92 Å². The first-order valence-electron chi connectivity index (χ1n) is 5.69. The number of hydrogen-bond acceptors (Lipinski definition) is 3. The van der Waals surface area contributed by atoms with E-state index in [2.05, 4.69) is 0 Å². The number of piperazine rings is 1. The average molecular weight is 304 g/mol. The zero-order chi connectivity index (χ0) is 15.7. The third kappa shape index (κ3) is 3.17. The summed E-state index contributed by atoms with van der Waals surface area (Å²) in [5.41, 5.74) is 0. The predicted molar refractivity (Wildman–Crippen MR) is 56.3 cm³/mol. The van der Waals surface area contributed by atoms with Gasteiger partial charge in [-0.3, -0.25) is 14.5 Å². The number of carboxylic acid groups (broad SMARTS) is 1. The van der Waals surface area contributed by atoms with Crippen LogP contribution in [0.15, 0.2) is 0 Å². The molecule has 5 nitrogen and oxygen atoms in total. The van der Waals surface area contributed by atoms with Gasteiger partial charge in [0.05, 0.1) is 0 Å². The van der Waals surface area contributed by atoms with Crippen LogP contribution in [0, 0.1) is 0 Å². The minimum atomic E-state index is -5.93. The molecule has 10 heteroatoms. The highest BCUT2D eigenvalue weighted by molar-refractivity contribution is 5.84. The van der Waals surface area contributed by atoms with Crippen LogP contribution in [0.5, 0.6) is 0 Å². The SMILES string of the molecule is CC(C(=O)O)N1CCN(C(=O)C(F)(F)C(F)(F)F)CC1. The number of carbonyl (C=O) groups is 2. The van der Waals surface area contributed by atoms with Gasteiger partial charge in [-0.1, -0.05) is 0 Å². The summed E-state index contributed by atoms with van der Waals surface area (Å²) >= 11 is 0. The second-order valence-electron chi connectivity index (χ2n) is 4.41. The number of alkyl halides is 5. The maximum absolute atomic E-state index is 12.9. The highest BCUT2D eigenvalue weighted by atomic mass is 19.4. The lowest BCUT2D eigenvalue weighted by atomic mass is 10.2. The molecular formula is C10H13F5N2O3. The summed E-state index contributed by atoms with van der Waals surface area (Å²) in [6.07, 6.45) is -5.93. The molecule has 1 rings (SSSR count). The van der Waals surface area contributed by atoms with E-state index >= 15 is 0 Å². The van der Waals surface area contributed by atoms with Crippen LogP contribution in [-0.4, -0.2) is 71.1 Å². The maximum Gasteiger partial charge on any atom is 0.463 e. The van der Waals surface area contributed by atoms with Crippen molar-refractivity contribution in [3.05, 3.63) is 0 Å². The Balaban J connectivity index is 2.66. The zero-order valence-electron chi connectivity index (χ0n) is 10.5. The monoisotopic (exact) mass is 304 g/mol. The number of rotatable bonds is 3. The van der Waals surface area contributed by atoms with Gasteiger partial charge in [0, 0.05) is 26.2 Å². The molecule has 1 unspecified atom stereocenters. The van der Waals surface area contributed by atoms with Gasteiger partial charge in [-0.05, 0) is 6.92 Å². The molecule has 0 saturated carbocycles. The first kappa shape index (κ1) is 16.6. The molecule has 0 aromatic rings. The zero-order valence-corrected chi connectivity index (χ0v) is 10.5. The fourth-order valence-electron chi connectivity index (χ4n) is 1.79. The highest BCUT2D eigenvalue weighted by Gasteiger charge is 2.64. The van der Waals surface area contributed by atoms with E-state index in [4.69, 9.17) is 5.11 Å². The Morgan fingerprint density at radius 1 is 1.05 bits per heavy atom. The fourth-order valence-corrected chi connectivity index (χ4v) is 1.79. The largest absolute Gasteiger partial charge is 0.480 e. The summed E-state index contributed by atoms with van der Waals surface area (Å²) in [4.78, 5) is 23.7. The molecule has 1 atom stereocenters. The van der Waals surface area contributed by atoms with Crippen molar-refractivity contribution in [2.45, 2.75) is 25.1 Å². The Kier molecular flexibility index (Phi) is 4.57. The second-order valence-corrected chi connectivity index (χ2v) is 4.41. The second kappa shape index (κ2) is 5.51. The smallest absolute Gasteiger partial charge is 0.463 e. The molecule has 0 bridgehead atoms. The highest BCUT2D eigenvalue weighted by Crippen LogP contribution is 2.37. The number of aliphatic carboxylic acids is 1. The van der Waals surface area contributed by atoms with Crippen molar-refractivity contribution in [1.29, 1.82) is 0 Å². The van der Waals surface area contributed by atoms with Crippen LogP contribution in [0.3, 0.4) is 0 Å². The van der Waals surface area contributed by atoms with E-state index in [0.717, 1.165) is 0 Å². The molecule has 0 aromatic heterocycles. The summed E-state index contributed by atoms with van der Waals surface area (Å²) in [7, 11) is 0. The lowest BCUT2D eigenvalue weighted by molar-refractivity contribution is -0.274. The van der Waals surface area contributed by atoms with Crippen LogP contribution < -0.4 is 0 Å². The molecule has 1 N–H and O–H groups in total. The van der Waals surface area contributed by atoms with Crippen molar-refractivity contribution in [3.63, 3.8) is 0 Å². The summed E-state index contributed by atoms with van der Waals surface area (Å²) in [5.74, 6) is -8.86. The van der Waals surface area contributed by atoms with Crippen LogP contribution in [0.4, 0.5) is 22.0 Å². The summed E-state index contributed by atoms with van der Waals surface area (Å²) < 4.78 is 61.9. The van der Waals surface area contributed by atoms with Gasteiger partial charge < -0.3 is 10.0 Å². The van der Waals surface area contributed by atoms with Crippen molar-refractivity contribution in [3.8, 4) is 0 Å². The molecule has 0 radical (unpaired) electrons. The molecule has 1 amide bonds. The Morgan fingerprint density at radius 3 is 1.85 bits per heavy atom. The van der Waals surface area contributed by atoms with Gasteiger partial charge in [-0.2, -0.15) is 22.0 Å². The number of halogens is 5. The Hall–Kier alpha value is -1.45. The number of carbonyl (C=O) groups excluding carboxylic acids is 1. The summed E-state index contributed by atoms with van der Waals surface area (Å²) in [6.45, 7) is 0.467. The molecule has 1 aliphatic heterocycles. The first-order valence-corrected chi connectivity index (χ1v) is 5.69. The van der Waals surface area contributed by atoms with Crippen LogP contribution in [0.2, 0.25) is 0 Å². The summed E-state index contributed by atoms with van der Waals surface area (Å²) in [6, 6.07) is -0.893. The van der Waals surface area contributed by atoms with Gasteiger partial charge in [-0.25, -0.2) is 0 Å². The number of carboxylic acids is 1. The quantitative estimate of drug-likeness (QED) is 0.784. The van der Waals surface area contributed by atoms with Crippen molar-refractivity contribution in [2.24, 2.45) is 0 Å². The van der Waals surface area contributed by atoms with Gasteiger partial charge in [-0.15, -0.1) is 0 Å². The van der Waals surface area contributed by atoms with Gasteiger partial charge in [0.1, 0.15) is 6.04 Å². The lowest BCUT2D eigenvalue weighted by Crippen LogP contribution is -2.59. The molecule has 116 valence electrons. The minimum absolute atomic E-state index is 0.0762. The third-order valence-electron chi connectivity index (χ3n) is 3.13. The van der Waals surface area contributed by atoms with Gasteiger partial charge in [0.25, 0.3) is 0 Å². The maximum atomic E-state index is 12.9. The Labute approximate surface area is 110 Å². The molecule has 0 aromatic carbocycles. The molecule has 1 heterocycles. The molecule has 20 heavy (non-hydrogen) atoms. The van der Waals surface area contributed by atoms with Crippen molar-refractivity contribution >= 4 is 11.9 Å². The normalized spacial score (nSPS) is 19.8. The molecule has 0 aliphatic carbocycles. The number of amides is 1. The molecule has 1 saturated heterocycles. The van der Waals surface area contributed by atoms with Crippen LogP contribution in [0.25, 0.3) is 0 Å². The van der Waals surface area contributed by atoms with Crippen LogP contribution in [-0.2, 0) is 9.59 Å². The van der Waals surface area contributed by atoms with Gasteiger partial charge >= 0.3 is 24.0 Å². The van der Waals surface area contributed by atoms with E-state index in [1.165, 1.54) is 11.8 Å². The van der Waals surface area contributed by atoms with E-state index in [1.54, 1.807) is 0 Å². The van der Waals surface area contributed by atoms with Crippen LogP contribution >= 0.6 is 0 Å². The topological polar surface area (TPSA) is 60.9 Å². The Morgan fingerprint density at radius 2 is 1.50 bits per heavy atom. The van der Waals surface area contributed by atoms with Gasteiger partial charge in [0.15, 0.2) is 0 Å². The molecule has 1 fully saturated rings. The Bertz CT molecular complexity index is 391. The van der Waals surface area contributed by atoms with Crippen molar-refractivity contribution < 1.29 is 36.6 Å². The number of hydrogen-bond donors (Lipinski definition) is 1. The minimum Gasteiger partial charge on any atom is -0.480 e. The molecular weight excluding hydrogens is 291 g/mol. The third-order valence-corrected chi connectivity index (χ3v) is 3.13. The van der Waals surface area contributed by atoms with E-state index in [-0.39, 0.29) is 26.2 Å². The van der Waals surface area contributed by atoms with E-state index < -0.39 is 30.0 Å². The van der Waals surface area contributed by atoms with E-state index in [9.17, 15) is 31.5 Å². The van der Waals surface area contributed by atoms with E-state index in [1.807, 2.05) is 0 Å². The fraction of sp³-hybridized carbons (Fsp3) is 0.800. The molecule has 0 spiro atoms.